The first-order chi connectivity index (χ1) is 13.0. The van der Waals surface area contributed by atoms with Gasteiger partial charge in [-0.1, -0.05) is 30.3 Å². The van der Waals surface area contributed by atoms with E-state index in [1.54, 1.807) is 6.92 Å². The molecular formula is C20H23N3O4. The second kappa shape index (κ2) is 8.64. The predicted octanol–water partition coefficient (Wildman–Crippen LogP) is 2.71. The number of piperazine rings is 1. The number of non-ortho nitro benzene ring substituents is 1. The van der Waals surface area contributed by atoms with Crippen LogP contribution in [-0.2, 0) is 11.3 Å². The van der Waals surface area contributed by atoms with E-state index in [9.17, 15) is 14.9 Å². The minimum absolute atomic E-state index is 0.00383. The van der Waals surface area contributed by atoms with Gasteiger partial charge in [-0.2, -0.15) is 0 Å². The van der Waals surface area contributed by atoms with Gasteiger partial charge < -0.3 is 9.64 Å². The van der Waals surface area contributed by atoms with Crippen molar-refractivity contribution in [2.24, 2.45) is 0 Å². The van der Waals surface area contributed by atoms with Crippen LogP contribution < -0.4 is 4.74 Å². The van der Waals surface area contributed by atoms with Crippen LogP contribution in [0.5, 0.6) is 5.75 Å². The summed E-state index contributed by atoms with van der Waals surface area (Å²) in [6.45, 7) is 5.58. The van der Waals surface area contributed by atoms with Gasteiger partial charge in [0.05, 0.1) is 4.92 Å². The molecule has 0 N–H and O–H groups in total. The summed E-state index contributed by atoms with van der Waals surface area (Å²) in [6.07, 6.45) is -0.632. The molecule has 1 amide bonds. The van der Waals surface area contributed by atoms with Gasteiger partial charge in [-0.25, -0.2) is 0 Å². The molecule has 0 saturated carbocycles. The molecule has 0 radical (unpaired) electrons. The van der Waals surface area contributed by atoms with Gasteiger partial charge in [0, 0.05) is 44.9 Å². The van der Waals surface area contributed by atoms with Crippen LogP contribution in [0.2, 0.25) is 0 Å². The minimum atomic E-state index is -0.632. The highest BCUT2D eigenvalue weighted by Gasteiger charge is 2.26. The Bertz CT molecular complexity index is 772. The summed E-state index contributed by atoms with van der Waals surface area (Å²) >= 11 is 0. The van der Waals surface area contributed by atoms with E-state index in [1.807, 2.05) is 23.1 Å². The molecule has 0 spiro atoms. The number of ether oxygens (including phenoxy) is 1. The third kappa shape index (κ3) is 5.04. The number of nitrogens with zero attached hydrogens (tertiary/aromatic N) is 3. The molecule has 0 aromatic heterocycles. The first kappa shape index (κ1) is 18.8. The molecule has 1 fully saturated rings. The maximum Gasteiger partial charge on any atom is 0.269 e. The van der Waals surface area contributed by atoms with Crippen molar-refractivity contribution in [2.45, 2.75) is 19.6 Å². The maximum absolute atomic E-state index is 12.6. The van der Waals surface area contributed by atoms with Gasteiger partial charge in [-0.15, -0.1) is 0 Å². The summed E-state index contributed by atoms with van der Waals surface area (Å²) in [4.78, 5) is 27.0. The number of benzene rings is 2. The first-order valence-corrected chi connectivity index (χ1v) is 8.99. The number of rotatable bonds is 6. The van der Waals surface area contributed by atoms with E-state index in [0.717, 1.165) is 19.6 Å². The van der Waals surface area contributed by atoms with Crippen LogP contribution in [0.4, 0.5) is 5.69 Å². The third-order valence-electron chi connectivity index (χ3n) is 4.64. The second-order valence-corrected chi connectivity index (χ2v) is 6.60. The third-order valence-corrected chi connectivity index (χ3v) is 4.64. The average Bonchev–Trinajstić information content (AvgIpc) is 2.69. The standard InChI is InChI=1S/C20H23N3O4/c1-16(27-19-9-7-18(8-10-19)23(25)26)20(24)22-13-11-21(12-14-22)15-17-5-3-2-4-6-17/h2-10,16H,11-15H2,1H3/t16-/m1/s1. The minimum Gasteiger partial charge on any atom is -0.481 e. The smallest absolute Gasteiger partial charge is 0.269 e. The van der Waals surface area contributed by atoms with Crippen molar-refractivity contribution in [1.82, 2.24) is 9.80 Å². The average molecular weight is 369 g/mol. The Morgan fingerprint density at radius 2 is 1.70 bits per heavy atom. The maximum atomic E-state index is 12.6. The van der Waals surface area contributed by atoms with Crippen LogP contribution in [0.1, 0.15) is 12.5 Å². The van der Waals surface area contributed by atoms with E-state index < -0.39 is 11.0 Å². The van der Waals surface area contributed by atoms with Crippen molar-refractivity contribution in [3.8, 4) is 5.75 Å². The fraction of sp³-hybridized carbons (Fsp3) is 0.350. The molecule has 1 aliphatic heterocycles. The lowest BCUT2D eigenvalue weighted by Gasteiger charge is -2.35. The topological polar surface area (TPSA) is 75.9 Å². The Morgan fingerprint density at radius 3 is 2.30 bits per heavy atom. The van der Waals surface area contributed by atoms with Gasteiger partial charge >= 0.3 is 0 Å². The number of amides is 1. The van der Waals surface area contributed by atoms with Gasteiger partial charge in [-0.05, 0) is 24.6 Å². The van der Waals surface area contributed by atoms with Crippen molar-refractivity contribution >= 4 is 11.6 Å². The lowest BCUT2D eigenvalue weighted by Crippen LogP contribution is -2.51. The number of hydrogen-bond donors (Lipinski definition) is 0. The Labute approximate surface area is 158 Å². The fourth-order valence-corrected chi connectivity index (χ4v) is 3.13. The van der Waals surface area contributed by atoms with Crippen molar-refractivity contribution in [1.29, 1.82) is 0 Å². The van der Waals surface area contributed by atoms with Gasteiger partial charge in [0.25, 0.3) is 11.6 Å². The lowest BCUT2D eigenvalue weighted by atomic mass is 10.2. The van der Waals surface area contributed by atoms with Gasteiger partial charge in [0.1, 0.15) is 5.75 Å². The monoisotopic (exact) mass is 369 g/mol. The van der Waals surface area contributed by atoms with Crippen LogP contribution >= 0.6 is 0 Å². The van der Waals surface area contributed by atoms with Gasteiger partial charge in [-0.3, -0.25) is 19.8 Å². The second-order valence-electron chi connectivity index (χ2n) is 6.60. The summed E-state index contributed by atoms with van der Waals surface area (Å²) in [5.41, 5.74) is 1.27. The van der Waals surface area contributed by atoms with Crippen molar-refractivity contribution in [3.63, 3.8) is 0 Å². The molecule has 7 heteroatoms. The first-order valence-electron chi connectivity index (χ1n) is 8.99. The quantitative estimate of drug-likeness (QED) is 0.578. The van der Waals surface area contributed by atoms with E-state index in [2.05, 4.69) is 17.0 Å². The molecule has 1 aliphatic rings. The van der Waals surface area contributed by atoms with Crippen molar-refractivity contribution in [3.05, 3.63) is 70.3 Å². The molecule has 0 bridgehead atoms. The van der Waals surface area contributed by atoms with E-state index >= 15 is 0 Å². The largest absolute Gasteiger partial charge is 0.481 e. The predicted molar refractivity (Wildman–Crippen MR) is 101 cm³/mol. The fourth-order valence-electron chi connectivity index (χ4n) is 3.13. The highest BCUT2D eigenvalue weighted by Crippen LogP contribution is 2.19. The summed E-state index contributed by atoms with van der Waals surface area (Å²) in [7, 11) is 0. The lowest BCUT2D eigenvalue weighted by molar-refractivity contribution is -0.384. The molecule has 1 atom stereocenters. The summed E-state index contributed by atoms with van der Waals surface area (Å²) in [5, 5.41) is 10.7. The Hall–Kier alpha value is -2.93. The Morgan fingerprint density at radius 1 is 1.07 bits per heavy atom. The molecule has 0 aliphatic carbocycles. The highest BCUT2D eigenvalue weighted by molar-refractivity contribution is 5.81. The molecule has 1 saturated heterocycles. The zero-order chi connectivity index (χ0) is 19.2. The molecule has 7 nitrogen and oxygen atoms in total. The number of nitro benzene ring substituents is 1. The van der Waals surface area contributed by atoms with E-state index in [4.69, 9.17) is 4.74 Å². The van der Waals surface area contributed by atoms with Crippen LogP contribution in [0, 0.1) is 10.1 Å². The van der Waals surface area contributed by atoms with E-state index in [1.165, 1.54) is 29.8 Å². The van der Waals surface area contributed by atoms with Gasteiger partial charge in [0.15, 0.2) is 6.10 Å². The summed E-state index contributed by atoms with van der Waals surface area (Å²) < 4.78 is 5.66. The van der Waals surface area contributed by atoms with Gasteiger partial charge in [0.2, 0.25) is 0 Å². The SMILES string of the molecule is C[C@@H](Oc1ccc([N+](=O)[O-])cc1)C(=O)N1CCN(Cc2ccccc2)CC1. The molecule has 0 unspecified atom stereocenters. The number of carbonyl (C=O) groups excluding carboxylic acids is 1. The molecule has 142 valence electrons. The highest BCUT2D eigenvalue weighted by atomic mass is 16.6. The van der Waals surface area contributed by atoms with Crippen LogP contribution in [0.3, 0.4) is 0 Å². The Balaban J connectivity index is 1.48. The Kier molecular flexibility index (Phi) is 6.03. The molecule has 1 heterocycles. The van der Waals surface area contributed by atoms with Crippen molar-refractivity contribution in [2.75, 3.05) is 26.2 Å². The normalized spacial score (nSPS) is 16.0. The molecule has 27 heavy (non-hydrogen) atoms. The van der Waals surface area contributed by atoms with Crippen LogP contribution in [0.15, 0.2) is 54.6 Å². The number of hydrogen-bond acceptors (Lipinski definition) is 5. The van der Waals surface area contributed by atoms with E-state index in [0.29, 0.717) is 18.8 Å². The zero-order valence-electron chi connectivity index (χ0n) is 15.3. The number of nitro groups is 1. The number of carbonyl (C=O) groups is 1. The zero-order valence-corrected chi connectivity index (χ0v) is 15.3. The summed E-state index contributed by atoms with van der Waals surface area (Å²) in [5.74, 6) is 0.386. The van der Waals surface area contributed by atoms with Crippen LogP contribution in [-0.4, -0.2) is 52.9 Å². The molecule has 2 aromatic rings. The summed E-state index contributed by atoms with van der Waals surface area (Å²) in [6, 6.07) is 16.1. The van der Waals surface area contributed by atoms with Crippen molar-refractivity contribution < 1.29 is 14.5 Å². The van der Waals surface area contributed by atoms with Crippen LogP contribution in [0.25, 0.3) is 0 Å². The van der Waals surface area contributed by atoms with E-state index in [-0.39, 0.29) is 11.6 Å². The molecule has 2 aromatic carbocycles. The molecule has 3 rings (SSSR count). The molecular weight excluding hydrogens is 346 g/mol.